The molecule has 4 rings (SSSR count). The number of rotatable bonds is 3. The van der Waals surface area contributed by atoms with Crippen molar-refractivity contribution in [1.29, 1.82) is 0 Å². The summed E-state index contributed by atoms with van der Waals surface area (Å²) in [5.41, 5.74) is 4.63. The van der Waals surface area contributed by atoms with Gasteiger partial charge in [0.25, 0.3) is 0 Å². The number of carbonyl (C=O) groups excluding carboxylic acids is 1. The number of alkyl halides is 3. The van der Waals surface area contributed by atoms with Crippen LogP contribution in [0.4, 0.5) is 22.0 Å². The highest BCUT2D eigenvalue weighted by Gasteiger charge is 2.34. The van der Waals surface area contributed by atoms with E-state index in [1.54, 1.807) is 6.07 Å². The fourth-order valence-electron chi connectivity index (χ4n) is 3.50. The molecule has 2 N–H and O–H groups in total. The molecule has 0 bridgehead atoms. The zero-order valence-electron chi connectivity index (χ0n) is 14.6. The van der Waals surface area contributed by atoms with E-state index in [9.17, 15) is 26.7 Å². The van der Waals surface area contributed by atoms with Crippen LogP contribution in [0.5, 0.6) is 0 Å². The van der Waals surface area contributed by atoms with Crippen molar-refractivity contribution in [3.8, 4) is 0 Å². The van der Waals surface area contributed by atoms with E-state index in [0.29, 0.717) is 22.4 Å². The third-order valence-corrected chi connectivity index (χ3v) is 4.74. The maximum absolute atomic E-state index is 14.6. The first kappa shape index (κ1) is 18.9. The van der Waals surface area contributed by atoms with Gasteiger partial charge in [0.15, 0.2) is 0 Å². The minimum atomic E-state index is -4.85. The standard InChI is InChI=1S/C21H12F5N2O/c22-12-7-8-13-17(9-12)28(16-6-2-4-14(18(13)16)20(27)29)10-11-3-1-5-15(19(11)23)21(24,25)26/h1-7,9H,10H2,(H2,27,29). The Kier molecular flexibility index (Phi) is 4.29. The van der Waals surface area contributed by atoms with Gasteiger partial charge in [-0.2, -0.15) is 13.2 Å². The summed E-state index contributed by atoms with van der Waals surface area (Å²) in [6, 6.07) is 12.6. The van der Waals surface area contributed by atoms with Crippen LogP contribution in [-0.2, 0) is 12.7 Å². The quantitative estimate of drug-likeness (QED) is 0.479. The number of benzene rings is 3. The number of nitrogens with zero attached hydrogens (tertiary/aromatic N) is 1. The Hall–Kier alpha value is -3.42. The zero-order valence-corrected chi connectivity index (χ0v) is 14.6. The van der Waals surface area contributed by atoms with Gasteiger partial charge in [0.05, 0.1) is 23.1 Å². The van der Waals surface area contributed by atoms with Crippen LogP contribution in [0.3, 0.4) is 0 Å². The minimum absolute atomic E-state index is 0.152. The Bertz CT molecular complexity index is 1270. The molecule has 0 unspecified atom stereocenters. The van der Waals surface area contributed by atoms with Gasteiger partial charge >= 0.3 is 6.18 Å². The number of fused-ring (bicyclic) bond motifs is 3. The van der Waals surface area contributed by atoms with Crippen molar-refractivity contribution in [3.63, 3.8) is 0 Å². The van der Waals surface area contributed by atoms with Crippen molar-refractivity contribution in [3.05, 3.63) is 82.9 Å². The van der Waals surface area contributed by atoms with Crippen LogP contribution in [0.25, 0.3) is 21.8 Å². The van der Waals surface area contributed by atoms with Crippen LogP contribution in [0, 0.1) is 17.7 Å². The lowest BCUT2D eigenvalue weighted by atomic mass is 10.1. The number of hydrogen-bond donors (Lipinski definition) is 1. The largest absolute Gasteiger partial charge is 0.419 e. The normalized spacial score (nSPS) is 12.0. The van der Waals surface area contributed by atoms with E-state index < -0.39 is 29.3 Å². The molecule has 0 saturated heterocycles. The monoisotopic (exact) mass is 403 g/mol. The molecule has 0 aliphatic carbocycles. The molecule has 0 aliphatic rings. The van der Waals surface area contributed by atoms with Crippen molar-refractivity contribution in [2.75, 3.05) is 0 Å². The Morgan fingerprint density at radius 1 is 1.07 bits per heavy atom. The first-order chi connectivity index (χ1) is 13.7. The van der Waals surface area contributed by atoms with Crippen molar-refractivity contribution in [1.82, 2.24) is 4.57 Å². The third kappa shape index (κ3) is 3.10. The second kappa shape index (κ2) is 6.58. The Balaban J connectivity index is 2.01. The number of hydrogen-bond acceptors (Lipinski definition) is 1. The second-order valence-electron chi connectivity index (χ2n) is 6.50. The van der Waals surface area contributed by atoms with Gasteiger partial charge in [0, 0.05) is 21.9 Å². The number of nitrogens with two attached hydrogens (primary N) is 1. The predicted molar refractivity (Wildman–Crippen MR) is 97.3 cm³/mol. The number of halogens is 5. The smallest absolute Gasteiger partial charge is 0.366 e. The minimum Gasteiger partial charge on any atom is -0.366 e. The summed E-state index contributed by atoms with van der Waals surface area (Å²) < 4.78 is 69.0. The fraction of sp³-hybridized carbons (Fsp3) is 0.0952. The Morgan fingerprint density at radius 2 is 1.79 bits per heavy atom. The van der Waals surface area contributed by atoms with Gasteiger partial charge in [-0.15, -0.1) is 0 Å². The van der Waals surface area contributed by atoms with Crippen molar-refractivity contribution in [2.45, 2.75) is 12.7 Å². The van der Waals surface area contributed by atoms with Gasteiger partial charge in [-0.1, -0.05) is 18.2 Å². The molecule has 0 aliphatic heterocycles. The van der Waals surface area contributed by atoms with Crippen molar-refractivity contribution < 1.29 is 26.7 Å². The summed E-state index contributed by atoms with van der Waals surface area (Å²) in [6.45, 7) is -0.310. The molecule has 0 fully saturated rings. The van der Waals surface area contributed by atoms with Crippen LogP contribution < -0.4 is 5.73 Å². The van der Waals surface area contributed by atoms with Gasteiger partial charge < -0.3 is 10.3 Å². The van der Waals surface area contributed by atoms with E-state index in [2.05, 4.69) is 6.07 Å². The molecular weight excluding hydrogens is 391 g/mol. The molecule has 1 radical (unpaired) electrons. The zero-order chi connectivity index (χ0) is 20.9. The lowest BCUT2D eigenvalue weighted by Gasteiger charge is -2.13. The molecule has 3 aromatic carbocycles. The number of amides is 1. The summed E-state index contributed by atoms with van der Waals surface area (Å²) in [4.78, 5) is 11.8. The highest BCUT2D eigenvalue weighted by atomic mass is 19.4. The molecule has 4 aromatic rings. The summed E-state index contributed by atoms with van der Waals surface area (Å²) in [5, 5.41) is 0.741. The van der Waals surface area contributed by atoms with Crippen LogP contribution >= 0.6 is 0 Å². The van der Waals surface area contributed by atoms with Crippen LogP contribution in [0.1, 0.15) is 21.5 Å². The highest BCUT2D eigenvalue weighted by molar-refractivity contribution is 6.17. The summed E-state index contributed by atoms with van der Waals surface area (Å²) in [7, 11) is 0. The van der Waals surface area contributed by atoms with E-state index in [4.69, 9.17) is 5.73 Å². The first-order valence-corrected chi connectivity index (χ1v) is 8.45. The summed E-state index contributed by atoms with van der Waals surface area (Å²) in [5.74, 6) is -2.76. The second-order valence-corrected chi connectivity index (χ2v) is 6.50. The molecule has 29 heavy (non-hydrogen) atoms. The van der Waals surface area contributed by atoms with Gasteiger partial charge in [0.2, 0.25) is 5.91 Å². The van der Waals surface area contributed by atoms with E-state index in [0.717, 1.165) is 18.2 Å². The fourth-order valence-corrected chi connectivity index (χ4v) is 3.50. The third-order valence-electron chi connectivity index (χ3n) is 4.74. The molecule has 8 heteroatoms. The number of carbonyl (C=O) groups is 1. The van der Waals surface area contributed by atoms with Crippen LogP contribution in [-0.4, -0.2) is 10.5 Å². The summed E-state index contributed by atoms with van der Waals surface area (Å²) in [6.07, 6.45) is -4.85. The van der Waals surface area contributed by atoms with Gasteiger partial charge in [-0.3, -0.25) is 4.79 Å². The maximum atomic E-state index is 14.6. The molecule has 1 aromatic heterocycles. The van der Waals surface area contributed by atoms with E-state index in [1.165, 1.54) is 22.8 Å². The van der Waals surface area contributed by atoms with Gasteiger partial charge in [-0.25, -0.2) is 8.78 Å². The molecule has 3 nitrogen and oxygen atoms in total. The Morgan fingerprint density at radius 3 is 2.48 bits per heavy atom. The topological polar surface area (TPSA) is 48.0 Å². The average molecular weight is 403 g/mol. The van der Waals surface area contributed by atoms with Crippen molar-refractivity contribution >= 4 is 27.7 Å². The highest BCUT2D eigenvalue weighted by Crippen LogP contribution is 2.35. The molecule has 0 spiro atoms. The SMILES string of the molecule is NC(=O)c1cccc2c1c1[c]cc(F)cc1n2Cc1cccc(C(F)(F)F)c1F. The van der Waals surface area contributed by atoms with Crippen molar-refractivity contribution in [2.24, 2.45) is 5.73 Å². The lowest BCUT2D eigenvalue weighted by Crippen LogP contribution is -2.12. The number of primary amides is 1. The molecule has 1 amide bonds. The average Bonchev–Trinajstić information content (AvgIpc) is 2.95. The van der Waals surface area contributed by atoms with E-state index >= 15 is 0 Å². The number of aromatic nitrogens is 1. The van der Waals surface area contributed by atoms with E-state index in [-0.39, 0.29) is 23.2 Å². The van der Waals surface area contributed by atoms with Gasteiger partial charge in [-0.05, 0) is 36.4 Å². The molecule has 0 saturated carbocycles. The molecule has 1 heterocycles. The van der Waals surface area contributed by atoms with E-state index in [1.807, 2.05) is 0 Å². The van der Waals surface area contributed by atoms with Gasteiger partial charge in [0.1, 0.15) is 11.6 Å². The molecular formula is C21H12F5N2O. The van der Waals surface area contributed by atoms with Crippen LogP contribution in [0.2, 0.25) is 0 Å². The summed E-state index contributed by atoms with van der Waals surface area (Å²) >= 11 is 0. The Labute approximate surface area is 161 Å². The molecule has 147 valence electrons. The van der Waals surface area contributed by atoms with Crippen LogP contribution in [0.15, 0.2) is 48.5 Å². The molecule has 0 atom stereocenters. The maximum Gasteiger partial charge on any atom is 0.419 e. The first-order valence-electron chi connectivity index (χ1n) is 8.45. The predicted octanol–water partition coefficient (Wildman–Crippen LogP) is 5.04. The lowest BCUT2D eigenvalue weighted by molar-refractivity contribution is -0.140.